The zero-order valence-corrected chi connectivity index (χ0v) is 10.5. The molecule has 0 spiro atoms. The van der Waals surface area contributed by atoms with Crippen molar-refractivity contribution in [3.05, 3.63) is 36.5 Å². The van der Waals surface area contributed by atoms with Crippen LogP contribution in [0.15, 0.2) is 36.5 Å². The van der Waals surface area contributed by atoms with Crippen molar-refractivity contribution in [1.29, 1.82) is 0 Å². The highest BCUT2D eigenvalue weighted by Crippen LogP contribution is 2.25. The van der Waals surface area contributed by atoms with E-state index >= 15 is 0 Å². The van der Waals surface area contributed by atoms with Gasteiger partial charge in [-0.15, -0.1) is 0 Å². The molecule has 1 aromatic carbocycles. The second-order valence-electron chi connectivity index (χ2n) is 4.23. The smallest absolute Gasteiger partial charge is 0.326 e. The second-order valence-corrected chi connectivity index (χ2v) is 4.23. The highest BCUT2D eigenvalue weighted by atomic mass is 16.4. The molecule has 1 unspecified atom stereocenters. The van der Waals surface area contributed by atoms with Crippen molar-refractivity contribution >= 4 is 22.6 Å². The normalized spacial score (nSPS) is 12.3. The monoisotopic (exact) mass is 244 g/mol. The van der Waals surface area contributed by atoms with Gasteiger partial charge in [-0.05, 0) is 17.9 Å². The number of carbonyl (C=O) groups is 1. The molecule has 0 aliphatic heterocycles. The molecule has 1 atom stereocenters. The van der Waals surface area contributed by atoms with E-state index in [1.165, 1.54) is 0 Å². The summed E-state index contributed by atoms with van der Waals surface area (Å²) >= 11 is 0. The Bertz CT molecular complexity index is 563. The minimum Gasteiger partial charge on any atom is -0.480 e. The fraction of sp³-hybridized carbons (Fsp3) is 0.286. The lowest BCUT2D eigenvalue weighted by Gasteiger charge is -2.25. The number of rotatable bonds is 4. The third kappa shape index (κ3) is 2.14. The maximum atomic E-state index is 11.2. The largest absolute Gasteiger partial charge is 0.480 e. The molecule has 0 bridgehead atoms. The van der Waals surface area contributed by atoms with Crippen molar-refractivity contribution in [3.8, 4) is 0 Å². The molecule has 0 aliphatic carbocycles. The predicted octanol–water partition coefficient (Wildman–Crippen LogP) is 2.53. The minimum atomic E-state index is -0.824. The van der Waals surface area contributed by atoms with E-state index in [9.17, 15) is 9.90 Å². The average molecular weight is 244 g/mol. The van der Waals surface area contributed by atoms with Crippen molar-refractivity contribution in [2.45, 2.75) is 19.4 Å². The SMILES string of the molecule is CCC(C(=O)O)N(C)c1nccc2ccccc12. The Labute approximate surface area is 106 Å². The number of pyridine rings is 1. The van der Waals surface area contributed by atoms with Crippen molar-refractivity contribution in [1.82, 2.24) is 4.98 Å². The summed E-state index contributed by atoms with van der Waals surface area (Å²) in [6.07, 6.45) is 2.25. The van der Waals surface area contributed by atoms with E-state index in [2.05, 4.69) is 4.98 Å². The molecule has 4 heteroatoms. The van der Waals surface area contributed by atoms with E-state index in [0.29, 0.717) is 12.2 Å². The molecule has 2 aromatic rings. The first kappa shape index (κ1) is 12.4. The van der Waals surface area contributed by atoms with Crippen LogP contribution in [-0.4, -0.2) is 29.1 Å². The molecule has 0 aliphatic rings. The molecule has 0 radical (unpaired) electrons. The minimum absolute atomic E-state index is 0.538. The Morgan fingerprint density at radius 3 is 2.78 bits per heavy atom. The van der Waals surface area contributed by atoms with Crippen LogP contribution in [0.2, 0.25) is 0 Å². The van der Waals surface area contributed by atoms with Gasteiger partial charge in [0.1, 0.15) is 11.9 Å². The molecule has 0 amide bonds. The van der Waals surface area contributed by atoms with Gasteiger partial charge >= 0.3 is 5.97 Å². The maximum Gasteiger partial charge on any atom is 0.326 e. The zero-order chi connectivity index (χ0) is 13.1. The Kier molecular flexibility index (Phi) is 3.46. The Morgan fingerprint density at radius 2 is 2.11 bits per heavy atom. The van der Waals surface area contributed by atoms with Crippen LogP contribution < -0.4 is 4.90 Å². The van der Waals surface area contributed by atoms with Crippen LogP contribution >= 0.6 is 0 Å². The van der Waals surface area contributed by atoms with E-state index in [0.717, 1.165) is 10.8 Å². The van der Waals surface area contributed by atoms with Gasteiger partial charge in [0, 0.05) is 18.6 Å². The first-order chi connectivity index (χ1) is 8.65. The van der Waals surface area contributed by atoms with Gasteiger partial charge in [0.25, 0.3) is 0 Å². The lowest BCUT2D eigenvalue weighted by Crippen LogP contribution is -2.38. The molecule has 94 valence electrons. The van der Waals surface area contributed by atoms with Gasteiger partial charge in [-0.2, -0.15) is 0 Å². The Hall–Kier alpha value is -2.10. The van der Waals surface area contributed by atoms with Gasteiger partial charge in [0.05, 0.1) is 0 Å². The van der Waals surface area contributed by atoms with Gasteiger partial charge in [0.2, 0.25) is 0 Å². The van der Waals surface area contributed by atoms with E-state index in [1.54, 1.807) is 18.1 Å². The van der Waals surface area contributed by atoms with Gasteiger partial charge in [0.15, 0.2) is 0 Å². The lowest BCUT2D eigenvalue weighted by molar-refractivity contribution is -0.138. The van der Waals surface area contributed by atoms with E-state index in [1.807, 2.05) is 37.3 Å². The summed E-state index contributed by atoms with van der Waals surface area (Å²) in [7, 11) is 1.77. The van der Waals surface area contributed by atoms with Gasteiger partial charge < -0.3 is 10.0 Å². The van der Waals surface area contributed by atoms with Crippen LogP contribution in [-0.2, 0) is 4.79 Å². The maximum absolute atomic E-state index is 11.2. The Balaban J connectivity index is 2.50. The molecule has 0 saturated heterocycles. The molecule has 2 rings (SSSR count). The van der Waals surface area contributed by atoms with Crippen molar-refractivity contribution < 1.29 is 9.90 Å². The lowest BCUT2D eigenvalue weighted by atomic mass is 10.1. The average Bonchev–Trinajstić information content (AvgIpc) is 2.38. The number of likely N-dealkylation sites (N-methyl/N-ethyl adjacent to an activating group) is 1. The van der Waals surface area contributed by atoms with Gasteiger partial charge in [-0.3, -0.25) is 0 Å². The number of hydrogen-bond acceptors (Lipinski definition) is 3. The highest BCUT2D eigenvalue weighted by Gasteiger charge is 2.22. The quantitative estimate of drug-likeness (QED) is 0.898. The van der Waals surface area contributed by atoms with Crippen molar-refractivity contribution in [3.63, 3.8) is 0 Å². The third-order valence-electron chi connectivity index (χ3n) is 3.13. The van der Waals surface area contributed by atoms with E-state index in [-0.39, 0.29) is 0 Å². The number of aliphatic carboxylic acids is 1. The van der Waals surface area contributed by atoms with Crippen molar-refractivity contribution in [2.75, 3.05) is 11.9 Å². The van der Waals surface area contributed by atoms with Gasteiger partial charge in [-0.1, -0.05) is 31.2 Å². The van der Waals surface area contributed by atoms with E-state index in [4.69, 9.17) is 0 Å². The molecule has 0 saturated carbocycles. The first-order valence-corrected chi connectivity index (χ1v) is 5.94. The molecule has 1 aromatic heterocycles. The fourth-order valence-corrected chi connectivity index (χ4v) is 2.15. The number of carboxylic acid groups (broad SMARTS) is 1. The topological polar surface area (TPSA) is 53.4 Å². The molecular weight excluding hydrogens is 228 g/mol. The van der Waals surface area contributed by atoms with Crippen molar-refractivity contribution in [2.24, 2.45) is 0 Å². The number of hydrogen-bond donors (Lipinski definition) is 1. The van der Waals surface area contributed by atoms with Gasteiger partial charge in [-0.25, -0.2) is 9.78 Å². The summed E-state index contributed by atoms with van der Waals surface area (Å²) in [4.78, 5) is 17.3. The number of anilines is 1. The highest BCUT2D eigenvalue weighted by molar-refractivity contribution is 5.93. The summed E-state index contributed by atoms with van der Waals surface area (Å²) in [5, 5.41) is 11.2. The van der Waals surface area contributed by atoms with Crippen LogP contribution in [0.25, 0.3) is 10.8 Å². The Morgan fingerprint density at radius 1 is 1.39 bits per heavy atom. The molecule has 1 N–H and O–H groups in total. The molecule has 1 heterocycles. The van der Waals surface area contributed by atoms with E-state index < -0.39 is 12.0 Å². The summed E-state index contributed by atoms with van der Waals surface area (Å²) in [6.45, 7) is 1.86. The number of carboxylic acids is 1. The molecule has 18 heavy (non-hydrogen) atoms. The predicted molar refractivity (Wildman–Crippen MR) is 71.9 cm³/mol. The molecular formula is C14H16N2O2. The molecule has 0 fully saturated rings. The number of aromatic nitrogens is 1. The first-order valence-electron chi connectivity index (χ1n) is 5.94. The number of nitrogens with zero attached hydrogens (tertiary/aromatic N) is 2. The third-order valence-corrected chi connectivity index (χ3v) is 3.13. The summed E-state index contributed by atoms with van der Waals surface area (Å²) < 4.78 is 0. The fourth-order valence-electron chi connectivity index (χ4n) is 2.15. The second kappa shape index (κ2) is 5.04. The van der Waals surface area contributed by atoms with Crippen LogP contribution in [0.4, 0.5) is 5.82 Å². The standard InChI is InChI=1S/C14H16N2O2/c1-3-12(14(17)18)16(2)13-11-7-5-4-6-10(11)8-9-15-13/h4-9,12H,3H2,1-2H3,(H,17,18). The zero-order valence-electron chi connectivity index (χ0n) is 10.5. The number of benzene rings is 1. The number of fused-ring (bicyclic) bond motifs is 1. The summed E-state index contributed by atoms with van der Waals surface area (Å²) in [6, 6.07) is 9.22. The summed E-state index contributed by atoms with van der Waals surface area (Å²) in [5.41, 5.74) is 0. The van der Waals surface area contributed by atoms with Crippen LogP contribution in [0.1, 0.15) is 13.3 Å². The molecule has 4 nitrogen and oxygen atoms in total. The van der Waals surface area contributed by atoms with Crippen LogP contribution in [0.3, 0.4) is 0 Å². The van der Waals surface area contributed by atoms with Crippen LogP contribution in [0.5, 0.6) is 0 Å². The summed E-state index contributed by atoms with van der Waals surface area (Å²) in [5.74, 6) is -0.114. The van der Waals surface area contributed by atoms with Crippen LogP contribution in [0, 0.1) is 0 Å².